The second kappa shape index (κ2) is 7.05. The first-order valence-electron chi connectivity index (χ1n) is 7.64. The SMILES string of the molecule is CC(C)Cc1ccc(C(C)N2CCOC(C(=O)O)C2)cc1. The number of carbonyl (C=O) groups is 1. The van der Waals surface area contributed by atoms with Gasteiger partial charge in [-0.1, -0.05) is 38.1 Å². The number of ether oxygens (including phenoxy) is 1. The van der Waals surface area contributed by atoms with Gasteiger partial charge in [-0.3, -0.25) is 4.90 Å². The average molecular weight is 291 g/mol. The van der Waals surface area contributed by atoms with Gasteiger partial charge in [0.25, 0.3) is 0 Å². The molecule has 2 unspecified atom stereocenters. The van der Waals surface area contributed by atoms with Crippen molar-refractivity contribution in [3.63, 3.8) is 0 Å². The summed E-state index contributed by atoms with van der Waals surface area (Å²) in [6.07, 6.45) is 0.384. The van der Waals surface area contributed by atoms with E-state index in [4.69, 9.17) is 9.84 Å². The molecule has 1 saturated heterocycles. The van der Waals surface area contributed by atoms with Crippen LogP contribution in [0, 0.1) is 5.92 Å². The van der Waals surface area contributed by atoms with Gasteiger partial charge in [0, 0.05) is 19.1 Å². The number of hydrogen-bond acceptors (Lipinski definition) is 3. The largest absolute Gasteiger partial charge is 0.479 e. The first-order chi connectivity index (χ1) is 9.97. The molecule has 0 spiro atoms. The summed E-state index contributed by atoms with van der Waals surface area (Å²) in [6.45, 7) is 8.27. The van der Waals surface area contributed by atoms with E-state index in [-0.39, 0.29) is 6.04 Å². The van der Waals surface area contributed by atoms with Gasteiger partial charge < -0.3 is 9.84 Å². The molecule has 0 saturated carbocycles. The minimum absolute atomic E-state index is 0.212. The Bertz CT molecular complexity index is 469. The van der Waals surface area contributed by atoms with Gasteiger partial charge in [0.15, 0.2) is 6.10 Å². The first-order valence-corrected chi connectivity index (χ1v) is 7.64. The van der Waals surface area contributed by atoms with Crippen LogP contribution in [0.5, 0.6) is 0 Å². The first kappa shape index (κ1) is 16.0. The second-order valence-electron chi connectivity index (χ2n) is 6.21. The fourth-order valence-corrected chi connectivity index (χ4v) is 2.78. The average Bonchev–Trinajstić information content (AvgIpc) is 2.47. The van der Waals surface area contributed by atoms with Crippen molar-refractivity contribution in [2.75, 3.05) is 19.7 Å². The predicted octanol–water partition coefficient (Wildman–Crippen LogP) is 2.73. The zero-order valence-electron chi connectivity index (χ0n) is 13.1. The van der Waals surface area contributed by atoms with E-state index < -0.39 is 12.1 Å². The fraction of sp³-hybridized carbons (Fsp3) is 0.588. The zero-order valence-corrected chi connectivity index (χ0v) is 13.1. The Kier molecular flexibility index (Phi) is 5.37. The van der Waals surface area contributed by atoms with Crippen LogP contribution in [-0.4, -0.2) is 41.8 Å². The molecule has 4 heteroatoms. The second-order valence-corrected chi connectivity index (χ2v) is 6.21. The van der Waals surface area contributed by atoms with Gasteiger partial charge in [0.2, 0.25) is 0 Å². The molecule has 116 valence electrons. The summed E-state index contributed by atoms with van der Waals surface area (Å²) < 4.78 is 5.28. The monoisotopic (exact) mass is 291 g/mol. The number of nitrogens with zero attached hydrogens (tertiary/aromatic N) is 1. The van der Waals surface area contributed by atoms with Gasteiger partial charge in [-0.25, -0.2) is 4.79 Å². The molecule has 1 N–H and O–H groups in total. The van der Waals surface area contributed by atoms with Crippen LogP contribution in [0.25, 0.3) is 0 Å². The summed E-state index contributed by atoms with van der Waals surface area (Å²) in [4.78, 5) is 13.2. The molecule has 1 aliphatic rings. The van der Waals surface area contributed by atoms with E-state index in [0.29, 0.717) is 19.1 Å². The van der Waals surface area contributed by atoms with E-state index >= 15 is 0 Å². The summed E-state index contributed by atoms with van der Waals surface area (Å²) in [7, 11) is 0. The molecule has 1 aliphatic heterocycles. The van der Waals surface area contributed by atoms with Crippen LogP contribution in [0.4, 0.5) is 0 Å². The van der Waals surface area contributed by atoms with Crippen LogP contribution < -0.4 is 0 Å². The highest BCUT2D eigenvalue weighted by molar-refractivity contribution is 5.72. The number of carboxylic acid groups (broad SMARTS) is 1. The number of hydrogen-bond donors (Lipinski definition) is 1. The van der Waals surface area contributed by atoms with Crippen molar-refractivity contribution in [1.29, 1.82) is 0 Å². The molecule has 0 radical (unpaired) electrons. The van der Waals surface area contributed by atoms with Gasteiger partial charge in [0.1, 0.15) is 0 Å². The standard InChI is InChI=1S/C17H25NO3/c1-12(2)10-14-4-6-15(7-5-14)13(3)18-8-9-21-16(11-18)17(19)20/h4-7,12-13,16H,8-11H2,1-3H3,(H,19,20). The molecule has 21 heavy (non-hydrogen) atoms. The number of benzene rings is 1. The molecular formula is C17H25NO3. The van der Waals surface area contributed by atoms with Crippen LogP contribution in [0.1, 0.15) is 37.9 Å². The van der Waals surface area contributed by atoms with Gasteiger partial charge >= 0.3 is 5.97 Å². The number of carboxylic acids is 1. The summed E-state index contributed by atoms with van der Waals surface area (Å²) >= 11 is 0. The third-order valence-corrected chi connectivity index (χ3v) is 4.03. The number of rotatable bonds is 5. The van der Waals surface area contributed by atoms with Crippen molar-refractivity contribution in [2.45, 2.75) is 39.3 Å². The van der Waals surface area contributed by atoms with Crippen LogP contribution in [0.3, 0.4) is 0 Å². The van der Waals surface area contributed by atoms with Crippen molar-refractivity contribution in [1.82, 2.24) is 4.90 Å². The molecule has 4 nitrogen and oxygen atoms in total. The molecule has 0 aliphatic carbocycles. The van der Waals surface area contributed by atoms with Gasteiger partial charge in [-0.15, -0.1) is 0 Å². The topological polar surface area (TPSA) is 49.8 Å². The van der Waals surface area contributed by atoms with Crippen LogP contribution in [-0.2, 0) is 16.0 Å². The molecule has 0 aromatic heterocycles. The minimum Gasteiger partial charge on any atom is -0.479 e. The Labute approximate surface area is 126 Å². The van der Waals surface area contributed by atoms with Crippen molar-refractivity contribution in [3.8, 4) is 0 Å². The predicted molar refractivity (Wildman–Crippen MR) is 82.3 cm³/mol. The smallest absolute Gasteiger partial charge is 0.334 e. The van der Waals surface area contributed by atoms with Crippen molar-refractivity contribution >= 4 is 5.97 Å². The molecule has 1 aromatic carbocycles. The van der Waals surface area contributed by atoms with Crippen molar-refractivity contribution in [3.05, 3.63) is 35.4 Å². The lowest BCUT2D eigenvalue weighted by molar-refractivity contribution is -0.157. The maximum Gasteiger partial charge on any atom is 0.334 e. The van der Waals surface area contributed by atoms with E-state index in [1.165, 1.54) is 11.1 Å². The van der Waals surface area contributed by atoms with Crippen molar-refractivity contribution < 1.29 is 14.6 Å². The lowest BCUT2D eigenvalue weighted by atomic mass is 9.99. The normalized spacial score (nSPS) is 21.4. The Morgan fingerprint density at radius 1 is 1.33 bits per heavy atom. The number of aliphatic carboxylic acids is 1. The Balaban J connectivity index is 2.02. The van der Waals surface area contributed by atoms with E-state index in [0.717, 1.165) is 13.0 Å². The van der Waals surface area contributed by atoms with Gasteiger partial charge in [-0.2, -0.15) is 0 Å². The van der Waals surface area contributed by atoms with E-state index in [2.05, 4.69) is 49.9 Å². The highest BCUT2D eigenvalue weighted by Crippen LogP contribution is 2.23. The maximum absolute atomic E-state index is 11.1. The quantitative estimate of drug-likeness (QED) is 0.906. The van der Waals surface area contributed by atoms with Crippen LogP contribution in [0.2, 0.25) is 0 Å². The summed E-state index contributed by atoms with van der Waals surface area (Å²) in [5.74, 6) is -0.219. The minimum atomic E-state index is -0.876. The molecular weight excluding hydrogens is 266 g/mol. The molecule has 2 atom stereocenters. The highest BCUT2D eigenvalue weighted by Gasteiger charge is 2.29. The number of morpholine rings is 1. The third kappa shape index (κ3) is 4.29. The summed E-state index contributed by atoms with van der Waals surface area (Å²) in [5.41, 5.74) is 2.58. The Morgan fingerprint density at radius 2 is 2.00 bits per heavy atom. The Hall–Kier alpha value is -1.39. The Morgan fingerprint density at radius 3 is 2.57 bits per heavy atom. The molecule has 1 aromatic rings. The summed E-state index contributed by atoms with van der Waals surface area (Å²) in [6, 6.07) is 8.90. The van der Waals surface area contributed by atoms with Crippen LogP contribution in [0.15, 0.2) is 24.3 Å². The highest BCUT2D eigenvalue weighted by atomic mass is 16.5. The van der Waals surface area contributed by atoms with E-state index in [1.807, 2.05) is 0 Å². The van der Waals surface area contributed by atoms with E-state index in [1.54, 1.807) is 0 Å². The lowest BCUT2D eigenvalue weighted by Crippen LogP contribution is -2.46. The molecule has 0 amide bonds. The van der Waals surface area contributed by atoms with Crippen molar-refractivity contribution in [2.24, 2.45) is 5.92 Å². The lowest BCUT2D eigenvalue weighted by Gasteiger charge is -2.35. The maximum atomic E-state index is 11.1. The zero-order chi connectivity index (χ0) is 15.4. The third-order valence-electron chi connectivity index (χ3n) is 4.03. The molecule has 1 heterocycles. The van der Waals surface area contributed by atoms with Gasteiger partial charge in [0.05, 0.1) is 6.61 Å². The summed E-state index contributed by atoms with van der Waals surface area (Å²) in [5, 5.41) is 9.08. The molecule has 0 bridgehead atoms. The van der Waals surface area contributed by atoms with Gasteiger partial charge in [-0.05, 0) is 30.4 Å². The molecule has 2 rings (SSSR count). The fourth-order valence-electron chi connectivity index (χ4n) is 2.78. The molecule has 1 fully saturated rings. The van der Waals surface area contributed by atoms with E-state index in [9.17, 15) is 4.79 Å². The van der Waals surface area contributed by atoms with Crippen LogP contribution >= 0.6 is 0 Å².